The molecule has 2 aromatic heterocycles. The molecule has 0 atom stereocenters. The van der Waals surface area contributed by atoms with Crippen molar-refractivity contribution in [2.75, 3.05) is 26.1 Å². The van der Waals surface area contributed by atoms with Gasteiger partial charge in [0, 0.05) is 18.4 Å². The Morgan fingerprint density at radius 1 is 1.16 bits per heavy atom. The minimum Gasteiger partial charge on any atom is -0.462 e. The first-order valence-electron chi connectivity index (χ1n) is 9.97. The van der Waals surface area contributed by atoms with E-state index in [9.17, 15) is 9.59 Å². The molecule has 0 radical (unpaired) electrons. The molecule has 8 nitrogen and oxygen atoms in total. The van der Waals surface area contributed by atoms with Crippen molar-refractivity contribution in [2.24, 2.45) is 0 Å². The quantitative estimate of drug-likeness (QED) is 0.290. The zero-order chi connectivity index (χ0) is 22.4. The summed E-state index contributed by atoms with van der Waals surface area (Å²) in [5, 5.41) is 9.25. The SMILES string of the molecule is CCOC(=O)c1c(C)[nH]c(C(=O)CSc2nnc(-c3ccccc3)n2CCOC)c1C. The number of aromatic amines is 1. The van der Waals surface area contributed by atoms with Gasteiger partial charge in [-0.15, -0.1) is 10.2 Å². The van der Waals surface area contributed by atoms with Gasteiger partial charge in [-0.1, -0.05) is 42.1 Å². The van der Waals surface area contributed by atoms with E-state index in [2.05, 4.69) is 15.2 Å². The minimum absolute atomic E-state index is 0.122. The van der Waals surface area contributed by atoms with E-state index < -0.39 is 5.97 Å². The maximum Gasteiger partial charge on any atom is 0.340 e. The summed E-state index contributed by atoms with van der Waals surface area (Å²) in [5.74, 6) is 0.336. The summed E-state index contributed by atoms with van der Waals surface area (Å²) >= 11 is 1.31. The van der Waals surface area contributed by atoms with E-state index in [1.165, 1.54) is 11.8 Å². The second-order valence-corrected chi connectivity index (χ2v) is 7.82. The number of H-pyrrole nitrogens is 1. The van der Waals surface area contributed by atoms with Crippen molar-refractivity contribution in [3.63, 3.8) is 0 Å². The number of esters is 1. The molecule has 0 unspecified atom stereocenters. The summed E-state index contributed by atoms with van der Waals surface area (Å²) in [6, 6.07) is 9.76. The number of Topliss-reactive ketones (excluding diaryl/α,β-unsaturated/α-hetero) is 1. The van der Waals surface area contributed by atoms with E-state index in [-0.39, 0.29) is 18.1 Å². The van der Waals surface area contributed by atoms with Crippen molar-refractivity contribution in [1.82, 2.24) is 19.7 Å². The number of nitrogens with one attached hydrogen (secondary N) is 1. The van der Waals surface area contributed by atoms with Gasteiger partial charge < -0.3 is 14.5 Å². The number of benzene rings is 1. The number of nitrogens with zero attached hydrogens (tertiary/aromatic N) is 3. The summed E-state index contributed by atoms with van der Waals surface area (Å²) in [6.07, 6.45) is 0. The van der Waals surface area contributed by atoms with Crippen LogP contribution in [0.3, 0.4) is 0 Å². The highest BCUT2D eigenvalue weighted by Gasteiger charge is 2.23. The zero-order valence-corrected chi connectivity index (χ0v) is 18.9. The molecule has 0 saturated carbocycles. The van der Waals surface area contributed by atoms with E-state index in [1.807, 2.05) is 34.9 Å². The lowest BCUT2D eigenvalue weighted by Crippen LogP contribution is -2.10. The molecule has 1 N–H and O–H groups in total. The fourth-order valence-electron chi connectivity index (χ4n) is 3.32. The number of carbonyl (C=O) groups excluding carboxylic acids is 2. The molecule has 0 amide bonds. The maximum absolute atomic E-state index is 12.9. The molecule has 0 aliphatic heterocycles. The smallest absolute Gasteiger partial charge is 0.340 e. The molecule has 164 valence electrons. The standard InChI is InChI=1S/C22H26N4O4S/c1-5-30-21(28)18-14(2)19(23-15(18)3)17(27)13-31-22-25-24-20(26(22)11-12-29-4)16-9-7-6-8-10-16/h6-10,23H,5,11-13H2,1-4H3. The van der Waals surface area contributed by atoms with Crippen LogP contribution in [0, 0.1) is 13.8 Å². The largest absolute Gasteiger partial charge is 0.462 e. The zero-order valence-electron chi connectivity index (χ0n) is 18.1. The van der Waals surface area contributed by atoms with Crippen LogP contribution in [0.2, 0.25) is 0 Å². The molecule has 0 saturated heterocycles. The monoisotopic (exact) mass is 442 g/mol. The number of hydrogen-bond donors (Lipinski definition) is 1. The Bertz CT molecular complexity index is 1060. The molecule has 9 heteroatoms. The maximum atomic E-state index is 12.9. The van der Waals surface area contributed by atoms with E-state index in [1.54, 1.807) is 27.9 Å². The van der Waals surface area contributed by atoms with Crippen molar-refractivity contribution in [1.29, 1.82) is 0 Å². The van der Waals surface area contributed by atoms with Crippen LogP contribution in [0.15, 0.2) is 35.5 Å². The third kappa shape index (κ3) is 5.05. The van der Waals surface area contributed by atoms with Crippen LogP contribution >= 0.6 is 11.8 Å². The highest BCUT2D eigenvalue weighted by Crippen LogP contribution is 2.26. The van der Waals surface area contributed by atoms with Crippen LogP contribution in [0.5, 0.6) is 0 Å². The Morgan fingerprint density at radius 3 is 2.58 bits per heavy atom. The Balaban J connectivity index is 1.80. The molecule has 2 heterocycles. The summed E-state index contributed by atoms with van der Waals surface area (Å²) in [6.45, 7) is 6.61. The number of aryl methyl sites for hydroxylation is 1. The highest BCUT2D eigenvalue weighted by molar-refractivity contribution is 7.99. The van der Waals surface area contributed by atoms with Crippen LogP contribution in [0.1, 0.15) is 39.0 Å². The number of thioether (sulfide) groups is 1. The van der Waals surface area contributed by atoms with Crippen molar-refractivity contribution >= 4 is 23.5 Å². The van der Waals surface area contributed by atoms with E-state index in [0.717, 1.165) is 11.4 Å². The van der Waals surface area contributed by atoms with Crippen LogP contribution in [0.4, 0.5) is 0 Å². The number of ketones is 1. The normalized spacial score (nSPS) is 11.0. The lowest BCUT2D eigenvalue weighted by Gasteiger charge is -2.09. The van der Waals surface area contributed by atoms with Gasteiger partial charge in [-0.25, -0.2) is 4.79 Å². The van der Waals surface area contributed by atoms with Crippen molar-refractivity contribution in [2.45, 2.75) is 32.5 Å². The molecule has 0 bridgehead atoms. The third-order valence-electron chi connectivity index (χ3n) is 4.80. The number of rotatable bonds is 10. The second-order valence-electron chi connectivity index (χ2n) is 6.87. The van der Waals surface area contributed by atoms with Gasteiger partial charge in [0.15, 0.2) is 16.8 Å². The van der Waals surface area contributed by atoms with Crippen molar-refractivity contribution in [3.05, 3.63) is 52.8 Å². The predicted octanol–water partition coefficient (Wildman–Crippen LogP) is 3.69. The fraction of sp³-hybridized carbons (Fsp3) is 0.364. The van der Waals surface area contributed by atoms with Gasteiger partial charge in [0.1, 0.15) is 0 Å². The minimum atomic E-state index is -0.424. The van der Waals surface area contributed by atoms with Crippen LogP contribution in [-0.2, 0) is 16.0 Å². The predicted molar refractivity (Wildman–Crippen MR) is 119 cm³/mol. The van der Waals surface area contributed by atoms with Crippen LogP contribution in [0.25, 0.3) is 11.4 Å². The molecule has 3 aromatic rings. The van der Waals surface area contributed by atoms with Gasteiger partial charge in [0.25, 0.3) is 0 Å². The molecule has 3 rings (SSSR count). The number of ether oxygens (including phenoxy) is 2. The van der Waals surface area contributed by atoms with Gasteiger partial charge in [0.2, 0.25) is 0 Å². The Hall–Kier alpha value is -2.91. The average Bonchev–Trinajstić information content (AvgIpc) is 3.31. The molecular formula is C22H26N4O4S. The molecular weight excluding hydrogens is 416 g/mol. The van der Waals surface area contributed by atoms with E-state index in [4.69, 9.17) is 9.47 Å². The van der Waals surface area contributed by atoms with Gasteiger partial charge in [-0.05, 0) is 26.3 Å². The Morgan fingerprint density at radius 2 is 1.90 bits per heavy atom. The molecule has 0 aliphatic rings. The van der Waals surface area contributed by atoms with Crippen LogP contribution in [-0.4, -0.2) is 57.6 Å². The lowest BCUT2D eigenvalue weighted by atomic mass is 10.1. The van der Waals surface area contributed by atoms with Gasteiger partial charge >= 0.3 is 5.97 Å². The molecule has 1 aromatic carbocycles. The highest BCUT2D eigenvalue weighted by atomic mass is 32.2. The van der Waals surface area contributed by atoms with Gasteiger partial charge in [-0.2, -0.15) is 0 Å². The molecule has 0 fully saturated rings. The summed E-state index contributed by atoms with van der Waals surface area (Å²) < 4.78 is 12.3. The summed E-state index contributed by atoms with van der Waals surface area (Å²) in [4.78, 5) is 28.1. The first kappa shape index (κ1) is 22.8. The second kappa shape index (κ2) is 10.4. The number of hydrogen-bond acceptors (Lipinski definition) is 7. The molecule has 31 heavy (non-hydrogen) atoms. The Kier molecular flexibility index (Phi) is 7.64. The first-order valence-corrected chi connectivity index (χ1v) is 11.0. The molecule has 0 spiro atoms. The topological polar surface area (TPSA) is 99.1 Å². The first-order chi connectivity index (χ1) is 15.0. The van der Waals surface area contributed by atoms with E-state index >= 15 is 0 Å². The summed E-state index contributed by atoms with van der Waals surface area (Å²) in [5.41, 5.74) is 3.01. The van der Waals surface area contributed by atoms with Gasteiger partial charge in [-0.3, -0.25) is 9.36 Å². The third-order valence-corrected chi connectivity index (χ3v) is 5.76. The average molecular weight is 443 g/mol. The number of methoxy groups -OCH3 is 1. The number of carbonyl (C=O) groups is 2. The Labute approximate surface area is 185 Å². The lowest BCUT2D eigenvalue weighted by molar-refractivity contribution is 0.0525. The summed E-state index contributed by atoms with van der Waals surface area (Å²) in [7, 11) is 1.64. The van der Waals surface area contributed by atoms with Gasteiger partial charge in [0.05, 0.1) is 36.8 Å². The van der Waals surface area contributed by atoms with Crippen LogP contribution < -0.4 is 0 Å². The number of aromatic nitrogens is 4. The van der Waals surface area contributed by atoms with E-state index in [0.29, 0.717) is 40.8 Å². The molecule has 0 aliphatic carbocycles. The van der Waals surface area contributed by atoms with Crippen molar-refractivity contribution < 1.29 is 19.1 Å². The van der Waals surface area contributed by atoms with Crippen molar-refractivity contribution in [3.8, 4) is 11.4 Å². The fourth-order valence-corrected chi connectivity index (χ4v) is 4.16.